The van der Waals surface area contributed by atoms with Crippen molar-refractivity contribution in [2.45, 2.75) is 27.7 Å². The van der Waals surface area contributed by atoms with Gasteiger partial charge in [-0.25, -0.2) is 9.97 Å². The second-order valence-electron chi connectivity index (χ2n) is 4.73. The first-order chi connectivity index (χ1) is 9.38. The van der Waals surface area contributed by atoms with Gasteiger partial charge in [-0.2, -0.15) is 0 Å². The molecule has 0 aliphatic carbocycles. The molecule has 0 aliphatic heterocycles. The molecule has 1 heterocycles. The van der Waals surface area contributed by atoms with Gasteiger partial charge in [0.2, 0.25) is 0 Å². The van der Waals surface area contributed by atoms with Crippen molar-refractivity contribution in [3.8, 4) is 0 Å². The number of nitrogens with one attached hydrogen (secondary N) is 1. The van der Waals surface area contributed by atoms with Crippen molar-refractivity contribution in [3.05, 3.63) is 51.0 Å². The summed E-state index contributed by atoms with van der Waals surface area (Å²) in [6.07, 6.45) is 0. The molecule has 2 rings (SSSR count). The lowest BCUT2D eigenvalue weighted by Gasteiger charge is -2.12. The lowest BCUT2D eigenvalue weighted by molar-refractivity contribution is 0.102. The van der Waals surface area contributed by atoms with Crippen LogP contribution in [0.1, 0.15) is 33.1 Å². The van der Waals surface area contributed by atoms with Crippen molar-refractivity contribution in [3.63, 3.8) is 0 Å². The summed E-state index contributed by atoms with van der Waals surface area (Å²) >= 11 is 3.41. The normalized spacial score (nSPS) is 10.4. The number of halogens is 1. The molecule has 1 aromatic carbocycles. The molecule has 0 radical (unpaired) electrons. The van der Waals surface area contributed by atoms with E-state index in [1.807, 2.05) is 45.9 Å². The summed E-state index contributed by atoms with van der Waals surface area (Å²) in [5.41, 5.74) is 3.72. The number of aryl methyl sites for hydroxylation is 4. The van der Waals surface area contributed by atoms with Crippen LogP contribution in [0.4, 0.5) is 5.69 Å². The molecular formula is C15H16BrN3O. The van der Waals surface area contributed by atoms with Gasteiger partial charge in [-0.3, -0.25) is 4.79 Å². The predicted molar refractivity (Wildman–Crippen MR) is 83.1 cm³/mol. The third kappa shape index (κ3) is 3.04. The van der Waals surface area contributed by atoms with Gasteiger partial charge in [0.05, 0.1) is 17.0 Å². The van der Waals surface area contributed by atoms with Crippen LogP contribution < -0.4 is 5.32 Å². The van der Waals surface area contributed by atoms with Crippen LogP contribution in [-0.4, -0.2) is 15.9 Å². The van der Waals surface area contributed by atoms with E-state index >= 15 is 0 Å². The van der Waals surface area contributed by atoms with Crippen LogP contribution in [0.15, 0.2) is 22.7 Å². The highest BCUT2D eigenvalue weighted by atomic mass is 79.9. The van der Waals surface area contributed by atoms with Crippen LogP contribution in [0.25, 0.3) is 0 Å². The highest BCUT2D eigenvalue weighted by Crippen LogP contribution is 2.21. The fourth-order valence-corrected chi connectivity index (χ4v) is 2.64. The van der Waals surface area contributed by atoms with Crippen molar-refractivity contribution in [1.82, 2.24) is 9.97 Å². The van der Waals surface area contributed by atoms with E-state index in [1.165, 1.54) is 0 Å². The molecule has 2 aromatic rings. The number of rotatable bonds is 2. The zero-order chi connectivity index (χ0) is 14.9. The van der Waals surface area contributed by atoms with Gasteiger partial charge in [-0.15, -0.1) is 0 Å². The largest absolute Gasteiger partial charge is 0.322 e. The first kappa shape index (κ1) is 14.7. The molecule has 0 saturated heterocycles. The van der Waals surface area contributed by atoms with Gasteiger partial charge in [-0.05, 0) is 51.5 Å². The van der Waals surface area contributed by atoms with Gasteiger partial charge in [0.25, 0.3) is 5.91 Å². The van der Waals surface area contributed by atoms with Gasteiger partial charge >= 0.3 is 0 Å². The smallest absolute Gasteiger partial charge is 0.259 e. The SMILES string of the molecule is Cc1nc(C)c(C(=O)Nc2ccc(Br)cc2C)c(C)n1. The highest BCUT2D eigenvalue weighted by Gasteiger charge is 2.16. The lowest BCUT2D eigenvalue weighted by Crippen LogP contribution is -2.18. The topological polar surface area (TPSA) is 54.9 Å². The predicted octanol–water partition coefficient (Wildman–Crippen LogP) is 3.73. The molecule has 0 unspecified atom stereocenters. The Morgan fingerprint density at radius 1 is 1.10 bits per heavy atom. The maximum absolute atomic E-state index is 12.4. The fourth-order valence-electron chi connectivity index (χ4n) is 2.16. The third-order valence-corrected chi connectivity index (χ3v) is 3.54. The van der Waals surface area contributed by atoms with E-state index < -0.39 is 0 Å². The number of anilines is 1. The molecule has 1 aromatic heterocycles. The molecule has 0 atom stereocenters. The van der Waals surface area contributed by atoms with E-state index in [9.17, 15) is 4.79 Å². The molecule has 104 valence electrons. The summed E-state index contributed by atoms with van der Waals surface area (Å²) in [4.78, 5) is 20.9. The summed E-state index contributed by atoms with van der Waals surface area (Å²) < 4.78 is 0.985. The van der Waals surface area contributed by atoms with E-state index in [4.69, 9.17) is 0 Å². The zero-order valence-corrected chi connectivity index (χ0v) is 13.5. The number of hydrogen-bond donors (Lipinski definition) is 1. The Morgan fingerprint density at radius 2 is 1.70 bits per heavy atom. The fraction of sp³-hybridized carbons (Fsp3) is 0.267. The number of carbonyl (C=O) groups is 1. The number of aromatic nitrogens is 2. The Morgan fingerprint density at radius 3 is 2.25 bits per heavy atom. The Hall–Kier alpha value is -1.75. The number of amides is 1. The lowest BCUT2D eigenvalue weighted by atomic mass is 10.1. The molecule has 0 fully saturated rings. The molecule has 1 N–H and O–H groups in total. The quantitative estimate of drug-likeness (QED) is 0.911. The van der Waals surface area contributed by atoms with Gasteiger partial charge < -0.3 is 5.32 Å². The maximum atomic E-state index is 12.4. The Kier molecular flexibility index (Phi) is 4.18. The second-order valence-corrected chi connectivity index (χ2v) is 5.65. The van der Waals surface area contributed by atoms with Crippen LogP contribution in [0.2, 0.25) is 0 Å². The van der Waals surface area contributed by atoms with Crippen LogP contribution in [0.3, 0.4) is 0 Å². The van der Waals surface area contributed by atoms with Crippen molar-refractivity contribution in [2.75, 3.05) is 5.32 Å². The van der Waals surface area contributed by atoms with Crippen LogP contribution in [-0.2, 0) is 0 Å². The molecule has 0 aliphatic rings. The van der Waals surface area contributed by atoms with Crippen molar-refractivity contribution >= 4 is 27.5 Å². The molecule has 0 saturated carbocycles. The average Bonchev–Trinajstić information content (AvgIpc) is 2.31. The van der Waals surface area contributed by atoms with Crippen LogP contribution >= 0.6 is 15.9 Å². The molecular weight excluding hydrogens is 318 g/mol. The van der Waals surface area contributed by atoms with Gasteiger partial charge in [0, 0.05) is 10.2 Å². The van der Waals surface area contributed by atoms with E-state index in [2.05, 4.69) is 31.2 Å². The first-order valence-corrected chi connectivity index (χ1v) is 7.07. The number of hydrogen-bond acceptors (Lipinski definition) is 3. The Balaban J connectivity index is 2.33. The Labute approximate surface area is 126 Å². The molecule has 0 spiro atoms. The van der Waals surface area contributed by atoms with E-state index in [0.29, 0.717) is 22.8 Å². The van der Waals surface area contributed by atoms with Crippen LogP contribution in [0, 0.1) is 27.7 Å². The summed E-state index contributed by atoms with van der Waals surface area (Å²) in [5.74, 6) is 0.502. The van der Waals surface area contributed by atoms with E-state index in [0.717, 1.165) is 15.7 Å². The van der Waals surface area contributed by atoms with Gasteiger partial charge in [0.15, 0.2) is 0 Å². The number of carbonyl (C=O) groups excluding carboxylic acids is 1. The van der Waals surface area contributed by atoms with Crippen molar-refractivity contribution in [2.24, 2.45) is 0 Å². The third-order valence-electron chi connectivity index (χ3n) is 3.05. The molecule has 1 amide bonds. The van der Waals surface area contributed by atoms with Gasteiger partial charge in [-0.1, -0.05) is 15.9 Å². The van der Waals surface area contributed by atoms with Crippen molar-refractivity contribution < 1.29 is 4.79 Å². The summed E-state index contributed by atoms with van der Waals surface area (Å²) in [5, 5.41) is 2.92. The Bertz CT molecular complexity index is 660. The zero-order valence-electron chi connectivity index (χ0n) is 11.9. The monoisotopic (exact) mass is 333 g/mol. The average molecular weight is 334 g/mol. The van der Waals surface area contributed by atoms with Crippen molar-refractivity contribution in [1.29, 1.82) is 0 Å². The van der Waals surface area contributed by atoms with E-state index in [1.54, 1.807) is 0 Å². The first-order valence-electron chi connectivity index (χ1n) is 6.28. The summed E-state index contributed by atoms with van der Waals surface area (Å²) in [6.45, 7) is 7.42. The number of nitrogens with zero attached hydrogens (tertiary/aromatic N) is 2. The highest BCUT2D eigenvalue weighted by molar-refractivity contribution is 9.10. The van der Waals surface area contributed by atoms with Crippen LogP contribution in [0.5, 0.6) is 0 Å². The summed E-state index contributed by atoms with van der Waals surface area (Å²) in [6, 6.07) is 5.73. The van der Waals surface area contributed by atoms with Gasteiger partial charge in [0.1, 0.15) is 5.82 Å². The maximum Gasteiger partial charge on any atom is 0.259 e. The molecule has 5 heteroatoms. The minimum absolute atomic E-state index is 0.176. The standard InChI is InChI=1S/C15H16BrN3O/c1-8-7-12(16)5-6-13(8)19-15(20)14-9(2)17-11(4)18-10(14)3/h5-7H,1-4H3,(H,19,20). The summed E-state index contributed by atoms with van der Waals surface area (Å²) in [7, 11) is 0. The minimum Gasteiger partial charge on any atom is -0.322 e. The molecule has 0 bridgehead atoms. The van der Waals surface area contributed by atoms with E-state index in [-0.39, 0.29) is 5.91 Å². The minimum atomic E-state index is -0.176. The second kappa shape index (κ2) is 5.71. The molecule has 20 heavy (non-hydrogen) atoms. The number of benzene rings is 1. The molecule has 4 nitrogen and oxygen atoms in total.